The third kappa shape index (κ3) is 3.02. The van der Waals surface area contributed by atoms with Gasteiger partial charge < -0.3 is 15.2 Å². The number of aromatic hydroxyl groups is 1. The molecule has 0 bridgehead atoms. The lowest BCUT2D eigenvalue weighted by molar-refractivity contribution is -0.138. The minimum absolute atomic E-state index is 0.0239. The standard InChI is InChI=1S/C20H21N3O5/c1-5-10-28-19(26)14-11(2)21-17-16(18(25)23(4)20(27)22(17)3)15(14)12-6-8-13(24)9-7-12/h5-9,15,21,24H,1,10H2,2-4H3/t15-/m0/s1. The summed E-state index contributed by atoms with van der Waals surface area (Å²) in [6, 6.07) is 6.22. The molecule has 1 aromatic heterocycles. The third-order valence-electron chi connectivity index (χ3n) is 4.77. The summed E-state index contributed by atoms with van der Waals surface area (Å²) >= 11 is 0. The van der Waals surface area contributed by atoms with E-state index in [0.717, 1.165) is 4.57 Å². The second kappa shape index (κ2) is 7.22. The van der Waals surface area contributed by atoms with E-state index >= 15 is 0 Å². The molecule has 1 aliphatic rings. The topological polar surface area (TPSA) is 103 Å². The van der Waals surface area contributed by atoms with E-state index in [1.165, 1.54) is 29.8 Å². The zero-order valence-electron chi connectivity index (χ0n) is 15.9. The predicted octanol–water partition coefficient (Wildman–Crippen LogP) is 1.35. The molecule has 2 heterocycles. The van der Waals surface area contributed by atoms with Gasteiger partial charge in [-0.2, -0.15) is 0 Å². The molecule has 0 radical (unpaired) electrons. The number of anilines is 1. The van der Waals surface area contributed by atoms with Gasteiger partial charge in [0.1, 0.15) is 18.2 Å². The summed E-state index contributed by atoms with van der Waals surface area (Å²) in [4.78, 5) is 38.1. The molecule has 0 amide bonds. The van der Waals surface area contributed by atoms with Crippen LogP contribution in [0.1, 0.15) is 24.0 Å². The number of esters is 1. The van der Waals surface area contributed by atoms with E-state index in [1.54, 1.807) is 26.1 Å². The second-order valence-corrected chi connectivity index (χ2v) is 6.54. The van der Waals surface area contributed by atoms with Crippen molar-refractivity contribution >= 4 is 11.8 Å². The maximum Gasteiger partial charge on any atom is 0.337 e. The van der Waals surface area contributed by atoms with Crippen LogP contribution in [0.5, 0.6) is 5.75 Å². The lowest BCUT2D eigenvalue weighted by Gasteiger charge is -2.30. The molecule has 8 nitrogen and oxygen atoms in total. The molecule has 1 aliphatic heterocycles. The third-order valence-corrected chi connectivity index (χ3v) is 4.77. The molecule has 0 saturated carbocycles. The number of hydrogen-bond acceptors (Lipinski definition) is 6. The van der Waals surface area contributed by atoms with Gasteiger partial charge in [0.2, 0.25) is 0 Å². The van der Waals surface area contributed by atoms with Crippen LogP contribution in [0.25, 0.3) is 0 Å². The van der Waals surface area contributed by atoms with Crippen LogP contribution in [0.15, 0.2) is 57.8 Å². The Morgan fingerprint density at radius 1 is 1.25 bits per heavy atom. The van der Waals surface area contributed by atoms with Crippen molar-refractivity contribution < 1.29 is 14.6 Å². The Kier molecular flexibility index (Phi) is 4.96. The average Bonchev–Trinajstić information content (AvgIpc) is 2.68. The number of ether oxygens (including phenoxy) is 1. The van der Waals surface area contributed by atoms with Crippen LogP contribution in [-0.4, -0.2) is 26.8 Å². The zero-order valence-corrected chi connectivity index (χ0v) is 15.9. The van der Waals surface area contributed by atoms with Crippen molar-refractivity contribution in [3.63, 3.8) is 0 Å². The van der Waals surface area contributed by atoms with E-state index < -0.39 is 23.1 Å². The van der Waals surface area contributed by atoms with Gasteiger partial charge in [-0.05, 0) is 24.6 Å². The Morgan fingerprint density at radius 3 is 2.50 bits per heavy atom. The quantitative estimate of drug-likeness (QED) is 0.610. The first kappa shape index (κ1) is 19.2. The molecule has 28 heavy (non-hydrogen) atoms. The van der Waals surface area contributed by atoms with Gasteiger partial charge in [-0.3, -0.25) is 13.9 Å². The van der Waals surface area contributed by atoms with E-state index in [1.807, 2.05) is 0 Å². The first-order chi connectivity index (χ1) is 13.3. The van der Waals surface area contributed by atoms with Gasteiger partial charge in [0, 0.05) is 19.8 Å². The number of carbonyl (C=O) groups excluding carboxylic acids is 1. The number of allylic oxidation sites excluding steroid dienone is 1. The molecule has 2 N–H and O–H groups in total. The van der Waals surface area contributed by atoms with Crippen molar-refractivity contribution in [1.29, 1.82) is 0 Å². The predicted molar refractivity (Wildman–Crippen MR) is 104 cm³/mol. The van der Waals surface area contributed by atoms with Crippen LogP contribution in [0.2, 0.25) is 0 Å². The number of aromatic nitrogens is 2. The van der Waals surface area contributed by atoms with E-state index in [9.17, 15) is 19.5 Å². The number of carbonyl (C=O) groups is 1. The van der Waals surface area contributed by atoms with Crippen molar-refractivity contribution in [1.82, 2.24) is 9.13 Å². The lowest BCUT2D eigenvalue weighted by Crippen LogP contribution is -2.43. The molecule has 8 heteroatoms. The van der Waals surface area contributed by atoms with Gasteiger partial charge in [-0.1, -0.05) is 24.8 Å². The Morgan fingerprint density at radius 2 is 1.89 bits per heavy atom. The molecule has 0 aliphatic carbocycles. The number of fused-ring (bicyclic) bond motifs is 1. The minimum atomic E-state index is -0.764. The number of phenolic OH excluding ortho intramolecular Hbond substituents is 1. The lowest BCUT2D eigenvalue weighted by atomic mass is 9.82. The van der Waals surface area contributed by atoms with E-state index in [0.29, 0.717) is 17.1 Å². The van der Waals surface area contributed by atoms with Gasteiger partial charge in [-0.25, -0.2) is 9.59 Å². The van der Waals surface area contributed by atoms with Crippen molar-refractivity contribution in [3.8, 4) is 5.75 Å². The number of benzene rings is 1. The summed E-state index contributed by atoms with van der Waals surface area (Å²) in [6.45, 7) is 5.25. The van der Waals surface area contributed by atoms with Gasteiger partial charge in [0.05, 0.1) is 17.1 Å². The van der Waals surface area contributed by atoms with Gasteiger partial charge in [0.25, 0.3) is 5.56 Å². The maximum atomic E-state index is 13.0. The molecule has 0 unspecified atom stereocenters. The first-order valence-electron chi connectivity index (χ1n) is 8.62. The monoisotopic (exact) mass is 383 g/mol. The normalized spacial score (nSPS) is 15.6. The Balaban J connectivity index is 2.33. The van der Waals surface area contributed by atoms with Crippen LogP contribution in [0, 0.1) is 0 Å². The van der Waals surface area contributed by atoms with E-state index in [-0.39, 0.29) is 23.5 Å². The van der Waals surface area contributed by atoms with Crippen LogP contribution in [0.4, 0.5) is 5.82 Å². The number of rotatable bonds is 4. The number of nitrogens with one attached hydrogen (secondary N) is 1. The molecule has 3 rings (SSSR count). The summed E-state index contributed by atoms with van der Waals surface area (Å²) in [5.74, 6) is -0.976. The van der Waals surface area contributed by atoms with E-state index in [4.69, 9.17) is 4.74 Å². The molecular weight excluding hydrogens is 362 g/mol. The van der Waals surface area contributed by atoms with Crippen LogP contribution >= 0.6 is 0 Å². The van der Waals surface area contributed by atoms with Crippen LogP contribution in [-0.2, 0) is 23.6 Å². The van der Waals surface area contributed by atoms with Gasteiger partial charge >= 0.3 is 11.7 Å². The zero-order chi connectivity index (χ0) is 20.6. The molecule has 146 valence electrons. The molecular formula is C20H21N3O5. The summed E-state index contributed by atoms with van der Waals surface area (Å²) in [6.07, 6.45) is 1.45. The fourth-order valence-corrected chi connectivity index (χ4v) is 3.37. The molecule has 0 spiro atoms. The molecule has 1 aromatic carbocycles. The Hall–Kier alpha value is -3.55. The number of hydrogen-bond donors (Lipinski definition) is 2. The fraction of sp³-hybridized carbons (Fsp3) is 0.250. The van der Waals surface area contributed by atoms with Gasteiger partial charge in [-0.15, -0.1) is 0 Å². The smallest absolute Gasteiger partial charge is 0.337 e. The van der Waals surface area contributed by atoms with E-state index in [2.05, 4.69) is 11.9 Å². The highest BCUT2D eigenvalue weighted by Gasteiger charge is 2.37. The van der Waals surface area contributed by atoms with Crippen molar-refractivity contribution in [2.45, 2.75) is 12.8 Å². The summed E-state index contributed by atoms with van der Waals surface area (Å²) in [5, 5.41) is 12.6. The number of phenols is 1. The molecule has 1 atom stereocenters. The van der Waals surface area contributed by atoms with Crippen LogP contribution < -0.4 is 16.6 Å². The first-order valence-corrected chi connectivity index (χ1v) is 8.62. The molecule has 0 fully saturated rings. The molecule has 2 aromatic rings. The summed E-state index contributed by atoms with van der Waals surface area (Å²) in [7, 11) is 2.94. The van der Waals surface area contributed by atoms with Crippen LogP contribution in [0.3, 0.4) is 0 Å². The summed E-state index contributed by atoms with van der Waals surface area (Å²) < 4.78 is 7.57. The van der Waals surface area contributed by atoms with Gasteiger partial charge in [0.15, 0.2) is 0 Å². The van der Waals surface area contributed by atoms with Crippen molar-refractivity contribution in [3.05, 3.63) is 80.2 Å². The van der Waals surface area contributed by atoms with Crippen molar-refractivity contribution in [2.75, 3.05) is 11.9 Å². The van der Waals surface area contributed by atoms with Crippen molar-refractivity contribution in [2.24, 2.45) is 14.1 Å². The largest absolute Gasteiger partial charge is 0.508 e. The minimum Gasteiger partial charge on any atom is -0.508 e. The number of nitrogens with zero attached hydrogens (tertiary/aromatic N) is 2. The highest BCUT2D eigenvalue weighted by atomic mass is 16.5. The maximum absolute atomic E-state index is 13.0. The SMILES string of the molecule is C=CCOC(=O)C1=C(C)Nc2c(c(=O)n(C)c(=O)n2C)[C@H]1c1ccc(O)cc1. The Labute approximate surface area is 161 Å². The fourth-order valence-electron chi connectivity index (χ4n) is 3.37. The summed E-state index contributed by atoms with van der Waals surface area (Å²) in [5.41, 5.74) is 0.614. The highest BCUT2D eigenvalue weighted by Crippen LogP contribution is 2.40. The highest BCUT2D eigenvalue weighted by molar-refractivity contribution is 5.94. The average molecular weight is 383 g/mol. The molecule has 0 saturated heterocycles. The second-order valence-electron chi connectivity index (χ2n) is 6.54. The Bertz CT molecular complexity index is 1110.